The zero-order valence-electron chi connectivity index (χ0n) is 11.8. The van der Waals surface area contributed by atoms with Gasteiger partial charge in [0.2, 0.25) is 0 Å². The van der Waals surface area contributed by atoms with Crippen molar-refractivity contribution in [2.75, 3.05) is 7.11 Å². The van der Waals surface area contributed by atoms with E-state index in [4.69, 9.17) is 4.74 Å². The summed E-state index contributed by atoms with van der Waals surface area (Å²) in [4.78, 5) is 11.4. The van der Waals surface area contributed by atoms with Crippen molar-refractivity contribution in [1.29, 1.82) is 0 Å². The Morgan fingerprint density at radius 3 is 2.63 bits per heavy atom. The minimum absolute atomic E-state index is 0.119. The standard InChI is InChI=1S/C17H22O2/c1-4-15(13-14(2)17(18)19-3)11-8-12-16-9-6-5-7-10-16/h4-7,9-11,14H,1,8,12-13H2,2-3H3/t14-/m0/s1. The molecular weight excluding hydrogens is 236 g/mol. The second-order valence-corrected chi connectivity index (χ2v) is 4.64. The Bertz CT molecular complexity index is 432. The van der Waals surface area contributed by atoms with Crippen molar-refractivity contribution in [3.8, 4) is 0 Å². The number of allylic oxidation sites excluding steroid dienone is 3. The molecule has 0 saturated heterocycles. The van der Waals surface area contributed by atoms with Crippen LogP contribution in [-0.2, 0) is 16.0 Å². The third-order valence-corrected chi connectivity index (χ3v) is 3.09. The van der Waals surface area contributed by atoms with E-state index >= 15 is 0 Å². The molecular formula is C17H22O2. The van der Waals surface area contributed by atoms with Crippen LogP contribution in [0.1, 0.15) is 25.3 Å². The molecule has 0 fully saturated rings. The fourth-order valence-electron chi connectivity index (χ4n) is 1.96. The van der Waals surface area contributed by atoms with Crippen molar-refractivity contribution in [2.24, 2.45) is 5.92 Å². The van der Waals surface area contributed by atoms with Gasteiger partial charge in [0.05, 0.1) is 13.0 Å². The summed E-state index contributed by atoms with van der Waals surface area (Å²) >= 11 is 0. The van der Waals surface area contributed by atoms with Crippen LogP contribution in [0.2, 0.25) is 0 Å². The molecule has 0 amide bonds. The predicted molar refractivity (Wildman–Crippen MR) is 78.8 cm³/mol. The highest BCUT2D eigenvalue weighted by Crippen LogP contribution is 2.15. The van der Waals surface area contributed by atoms with Crippen molar-refractivity contribution in [3.05, 3.63) is 60.2 Å². The zero-order chi connectivity index (χ0) is 14.1. The summed E-state index contributed by atoms with van der Waals surface area (Å²) in [6.07, 6.45) is 6.62. The summed E-state index contributed by atoms with van der Waals surface area (Å²) in [7, 11) is 1.42. The molecule has 102 valence electrons. The highest BCUT2D eigenvalue weighted by molar-refractivity contribution is 5.72. The van der Waals surface area contributed by atoms with Crippen molar-refractivity contribution in [3.63, 3.8) is 0 Å². The van der Waals surface area contributed by atoms with E-state index in [1.165, 1.54) is 12.7 Å². The van der Waals surface area contributed by atoms with E-state index in [1.807, 2.05) is 31.2 Å². The molecule has 0 unspecified atom stereocenters. The average molecular weight is 258 g/mol. The molecule has 0 aliphatic heterocycles. The van der Waals surface area contributed by atoms with Gasteiger partial charge in [0.1, 0.15) is 0 Å². The van der Waals surface area contributed by atoms with Crippen molar-refractivity contribution < 1.29 is 9.53 Å². The molecule has 0 bridgehead atoms. The number of aryl methyl sites for hydroxylation is 1. The van der Waals surface area contributed by atoms with Crippen LogP contribution < -0.4 is 0 Å². The Balaban J connectivity index is 2.48. The van der Waals surface area contributed by atoms with E-state index in [2.05, 4.69) is 24.8 Å². The number of carbonyl (C=O) groups excluding carboxylic acids is 1. The van der Waals surface area contributed by atoms with Crippen LogP contribution >= 0.6 is 0 Å². The minimum Gasteiger partial charge on any atom is -0.469 e. The number of hydrogen-bond donors (Lipinski definition) is 0. The monoisotopic (exact) mass is 258 g/mol. The summed E-state index contributed by atoms with van der Waals surface area (Å²) in [6.45, 7) is 5.68. The van der Waals surface area contributed by atoms with Gasteiger partial charge in [-0.25, -0.2) is 0 Å². The lowest BCUT2D eigenvalue weighted by Crippen LogP contribution is -2.12. The number of methoxy groups -OCH3 is 1. The Kier molecular flexibility index (Phi) is 6.65. The van der Waals surface area contributed by atoms with E-state index in [0.717, 1.165) is 18.4 Å². The van der Waals surface area contributed by atoms with E-state index < -0.39 is 0 Å². The lowest BCUT2D eigenvalue weighted by molar-refractivity contribution is -0.144. The highest BCUT2D eigenvalue weighted by Gasteiger charge is 2.13. The first-order valence-corrected chi connectivity index (χ1v) is 6.60. The van der Waals surface area contributed by atoms with Crippen LogP contribution in [0.3, 0.4) is 0 Å². The van der Waals surface area contributed by atoms with Gasteiger partial charge in [0.15, 0.2) is 0 Å². The van der Waals surface area contributed by atoms with E-state index in [1.54, 1.807) is 0 Å². The molecule has 0 aliphatic carbocycles. The minimum atomic E-state index is -0.171. The Morgan fingerprint density at radius 1 is 1.37 bits per heavy atom. The largest absolute Gasteiger partial charge is 0.469 e. The van der Waals surface area contributed by atoms with Crippen molar-refractivity contribution >= 4 is 5.97 Å². The van der Waals surface area contributed by atoms with E-state index in [9.17, 15) is 4.79 Å². The molecule has 2 nitrogen and oxygen atoms in total. The van der Waals surface area contributed by atoms with Gasteiger partial charge < -0.3 is 4.74 Å². The SMILES string of the molecule is C=CC(=CCCc1ccccc1)C[C@H](C)C(=O)OC. The second kappa shape index (κ2) is 8.30. The first kappa shape index (κ1) is 15.2. The second-order valence-electron chi connectivity index (χ2n) is 4.64. The maximum absolute atomic E-state index is 11.4. The van der Waals surface area contributed by atoms with Gasteiger partial charge in [-0.3, -0.25) is 4.79 Å². The normalized spacial score (nSPS) is 12.8. The van der Waals surface area contributed by atoms with Gasteiger partial charge in [0, 0.05) is 0 Å². The van der Waals surface area contributed by atoms with E-state index in [0.29, 0.717) is 6.42 Å². The number of esters is 1. The number of rotatable bonds is 7. The van der Waals surface area contributed by atoms with Crippen LogP contribution in [0.25, 0.3) is 0 Å². The van der Waals surface area contributed by atoms with Crippen LogP contribution in [0.5, 0.6) is 0 Å². The Labute approximate surface area is 115 Å². The summed E-state index contributed by atoms with van der Waals surface area (Å²) < 4.78 is 4.73. The molecule has 1 rings (SSSR count). The van der Waals surface area contributed by atoms with Crippen molar-refractivity contribution in [1.82, 2.24) is 0 Å². The molecule has 0 radical (unpaired) electrons. The van der Waals surface area contributed by atoms with Gasteiger partial charge in [-0.1, -0.05) is 61.6 Å². The lowest BCUT2D eigenvalue weighted by atomic mass is 9.99. The summed E-state index contributed by atoms with van der Waals surface area (Å²) in [5, 5.41) is 0. The summed E-state index contributed by atoms with van der Waals surface area (Å²) in [5.74, 6) is -0.290. The van der Waals surface area contributed by atoms with Crippen molar-refractivity contribution in [2.45, 2.75) is 26.2 Å². The summed E-state index contributed by atoms with van der Waals surface area (Å²) in [5.41, 5.74) is 2.43. The highest BCUT2D eigenvalue weighted by atomic mass is 16.5. The first-order valence-electron chi connectivity index (χ1n) is 6.60. The third kappa shape index (κ3) is 5.56. The number of hydrogen-bond acceptors (Lipinski definition) is 2. The number of benzene rings is 1. The van der Waals surface area contributed by atoms with Crippen LogP contribution in [0.15, 0.2) is 54.6 Å². The number of ether oxygens (including phenoxy) is 1. The van der Waals surface area contributed by atoms with Gasteiger partial charge in [-0.15, -0.1) is 0 Å². The molecule has 0 aliphatic rings. The predicted octanol–water partition coefficient (Wildman–Crippen LogP) is 3.93. The van der Waals surface area contributed by atoms with Crippen LogP contribution in [-0.4, -0.2) is 13.1 Å². The maximum atomic E-state index is 11.4. The van der Waals surface area contributed by atoms with Crippen LogP contribution in [0.4, 0.5) is 0 Å². The Morgan fingerprint density at radius 2 is 2.05 bits per heavy atom. The fourth-order valence-corrected chi connectivity index (χ4v) is 1.96. The molecule has 0 aromatic heterocycles. The molecule has 1 aromatic rings. The van der Waals surface area contributed by atoms with Gasteiger partial charge >= 0.3 is 5.97 Å². The smallest absolute Gasteiger partial charge is 0.308 e. The summed E-state index contributed by atoms with van der Waals surface area (Å²) in [6, 6.07) is 10.4. The Hall–Kier alpha value is -1.83. The molecule has 2 heteroatoms. The van der Waals surface area contributed by atoms with Gasteiger partial charge in [0.25, 0.3) is 0 Å². The molecule has 0 saturated carbocycles. The topological polar surface area (TPSA) is 26.3 Å². The zero-order valence-corrected chi connectivity index (χ0v) is 11.8. The molecule has 0 heterocycles. The molecule has 0 spiro atoms. The third-order valence-electron chi connectivity index (χ3n) is 3.09. The van der Waals surface area contributed by atoms with Gasteiger partial charge in [-0.2, -0.15) is 0 Å². The molecule has 1 atom stereocenters. The maximum Gasteiger partial charge on any atom is 0.308 e. The fraction of sp³-hybridized carbons (Fsp3) is 0.353. The number of carbonyl (C=O) groups is 1. The average Bonchev–Trinajstić information content (AvgIpc) is 2.46. The van der Waals surface area contributed by atoms with Crippen LogP contribution in [0, 0.1) is 5.92 Å². The molecule has 19 heavy (non-hydrogen) atoms. The lowest BCUT2D eigenvalue weighted by Gasteiger charge is -2.09. The van der Waals surface area contributed by atoms with Gasteiger partial charge in [-0.05, 0) is 24.8 Å². The van der Waals surface area contributed by atoms with E-state index in [-0.39, 0.29) is 11.9 Å². The first-order chi connectivity index (χ1) is 9.17. The molecule has 1 aromatic carbocycles. The quantitative estimate of drug-likeness (QED) is 0.547. The molecule has 0 N–H and O–H groups in total.